The van der Waals surface area contributed by atoms with Crippen LogP contribution in [0.25, 0.3) is 11.1 Å². The lowest BCUT2D eigenvalue weighted by Gasteiger charge is -2.18. The SMILES string of the molecule is Nc1nc(=O)n([C@@H]2O[C@H](CCl)[C@@H](O)[C@@H]2O)cc1-c1ccccc1. The second kappa shape index (κ2) is 6.29. The smallest absolute Gasteiger partial charge is 0.351 e. The fourth-order valence-electron chi connectivity index (χ4n) is 2.59. The maximum atomic E-state index is 12.1. The van der Waals surface area contributed by atoms with Crippen molar-refractivity contribution < 1.29 is 14.9 Å². The van der Waals surface area contributed by atoms with Crippen molar-refractivity contribution in [1.82, 2.24) is 9.55 Å². The Hall–Kier alpha value is -1.93. The molecule has 0 aliphatic carbocycles. The first-order valence-electron chi connectivity index (χ1n) is 7.04. The van der Waals surface area contributed by atoms with Crippen LogP contribution in [0.2, 0.25) is 0 Å². The van der Waals surface area contributed by atoms with E-state index in [0.29, 0.717) is 5.56 Å². The van der Waals surface area contributed by atoms with Crippen molar-refractivity contribution in [3.63, 3.8) is 0 Å². The van der Waals surface area contributed by atoms with E-state index in [1.54, 1.807) is 0 Å². The molecular formula is C15H16ClN3O4. The third-order valence-electron chi connectivity index (χ3n) is 3.83. The number of rotatable bonds is 3. The van der Waals surface area contributed by atoms with Crippen molar-refractivity contribution >= 4 is 17.4 Å². The molecule has 0 bridgehead atoms. The molecule has 4 N–H and O–H groups in total. The molecule has 4 atom stereocenters. The Morgan fingerprint density at radius 3 is 2.57 bits per heavy atom. The molecule has 0 radical (unpaired) electrons. The van der Waals surface area contributed by atoms with Crippen molar-refractivity contribution in [3.05, 3.63) is 47.0 Å². The zero-order valence-corrected chi connectivity index (χ0v) is 12.8. The van der Waals surface area contributed by atoms with Gasteiger partial charge in [0, 0.05) is 11.8 Å². The average molecular weight is 338 g/mol. The summed E-state index contributed by atoms with van der Waals surface area (Å²) in [6.07, 6.45) is -2.83. The number of nitrogens with two attached hydrogens (primary N) is 1. The Balaban J connectivity index is 2.06. The molecule has 1 aromatic heterocycles. The highest BCUT2D eigenvalue weighted by Crippen LogP contribution is 2.31. The van der Waals surface area contributed by atoms with Gasteiger partial charge in [-0.15, -0.1) is 11.6 Å². The summed E-state index contributed by atoms with van der Waals surface area (Å²) in [5, 5.41) is 20.0. The first-order chi connectivity index (χ1) is 11.0. The van der Waals surface area contributed by atoms with Gasteiger partial charge in [-0.25, -0.2) is 4.79 Å². The number of anilines is 1. The molecule has 0 unspecified atom stereocenters. The van der Waals surface area contributed by atoms with Gasteiger partial charge >= 0.3 is 5.69 Å². The molecule has 7 nitrogen and oxygen atoms in total. The number of ether oxygens (including phenoxy) is 1. The number of alkyl halides is 1. The summed E-state index contributed by atoms with van der Waals surface area (Å²) in [5.41, 5.74) is 6.47. The van der Waals surface area contributed by atoms with E-state index in [4.69, 9.17) is 22.1 Å². The van der Waals surface area contributed by atoms with Gasteiger partial charge in [0.25, 0.3) is 0 Å². The Morgan fingerprint density at radius 2 is 1.96 bits per heavy atom. The monoisotopic (exact) mass is 337 g/mol. The van der Waals surface area contributed by atoms with Crippen LogP contribution in [0.15, 0.2) is 41.3 Å². The average Bonchev–Trinajstić information content (AvgIpc) is 2.84. The van der Waals surface area contributed by atoms with Crippen LogP contribution in [-0.2, 0) is 4.74 Å². The molecule has 23 heavy (non-hydrogen) atoms. The van der Waals surface area contributed by atoms with E-state index >= 15 is 0 Å². The second-order valence-corrected chi connectivity index (χ2v) is 5.60. The minimum atomic E-state index is -1.29. The van der Waals surface area contributed by atoms with E-state index in [-0.39, 0.29) is 11.7 Å². The number of nitrogens with zero attached hydrogens (tertiary/aromatic N) is 2. The zero-order valence-electron chi connectivity index (χ0n) is 12.0. The molecule has 1 aliphatic heterocycles. The summed E-state index contributed by atoms with van der Waals surface area (Å²) in [6.45, 7) is 0. The topological polar surface area (TPSA) is 111 Å². The Morgan fingerprint density at radius 1 is 1.26 bits per heavy atom. The van der Waals surface area contributed by atoms with Crippen molar-refractivity contribution in [1.29, 1.82) is 0 Å². The van der Waals surface area contributed by atoms with Crippen LogP contribution in [-0.4, -0.2) is 44.0 Å². The number of hydrogen-bond donors (Lipinski definition) is 3. The molecule has 0 amide bonds. The molecule has 0 spiro atoms. The summed E-state index contributed by atoms with van der Waals surface area (Å²) in [4.78, 5) is 15.9. The van der Waals surface area contributed by atoms with Crippen molar-refractivity contribution in [2.45, 2.75) is 24.5 Å². The highest BCUT2D eigenvalue weighted by atomic mass is 35.5. The summed E-state index contributed by atoms with van der Waals surface area (Å²) >= 11 is 5.69. The Bertz CT molecular complexity index is 752. The van der Waals surface area contributed by atoms with E-state index in [9.17, 15) is 15.0 Å². The number of benzene rings is 1. The Labute approximate surface area is 136 Å². The number of nitrogen functional groups attached to an aromatic ring is 1. The maximum Gasteiger partial charge on any atom is 0.351 e. The van der Waals surface area contributed by atoms with Crippen molar-refractivity contribution in [2.75, 3.05) is 11.6 Å². The summed E-state index contributed by atoms with van der Waals surface area (Å²) in [7, 11) is 0. The molecule has 2 aromatic rings. The predicted molar refractivity (Wildman–Crippen MR) is 85.0 cm³/mol. The molecular weight excluding hydrogens is 322 g/mol. The number of aliphatic hydroxyl groups excluding tert-OH is 2. The largest absolute Gasteiger partial charge is 0.387 e. The first kappa shape index (κ1) is 15.9. The lowest BCUT2D eigenvalue weighted by molar-refractivity contribution is -0.0341. The van der Waals surface area contributed by atoms with Crippen LogP contribution in [0, 0.1) is 0 Å². The quantitative estimate of drug-likeness (QED) is 0.697. The van der Waals surface area contributed by atoms with Crippen LogP contribution in [0.1, 0.15) is 6.23 Å². The van der Waals surface area contributed by atoms with Gasteiger partial charge in [0.15, 0.2) is 6.23 Å². The van der Waals surface area contributed by atoms with Gasteiger partial charge in [-0.3, -0.25) is 4.57 Å². The van der Waals surface area contributed by atoms with E-state index in [1.165, 1.54) is 6.20 Å². The van der Waals surface area contributed by atoms with Crippen LogP contribution in [0.5, 0.6) is 0 Å². The lowest BCUT2D eigenvalue weighted by atomic mass is 10.1. The number of aromatic nitrogens is 2. The van der Waals surface area contributed by atoms with E-state index in [2.05, 4.69) is 4.98 Å². The van der Waals surface area contributed by atoms with Crippen LogP contribution >= 0.6 is 11.6 Å². The lowest BCUT2D eigenvalue weighted by Crippen LogP contribution is -2.36. The minimum Gasteiger partial charge on any atom is -0.387 e. The third kappa shape index (κ3) is 2.84. The van der Waals surface area contributed by atoms with E-state index in [1.807, 2.05) is 30.3 Å². The van der Waals surface area contributed by atoms with Crippen molar-refractivity contribution in [3.8, 4) is 11.1 Å². The van der Waals surface area contributed by atoms with Gasteiger partial charge in [0.05, 0.1) is 5.88 Å². The van der Waals surface area contributed by atoms with Gasteiger partial charge in [0.2, 0.25) is 0 Å². The highest BCUT2D eigenvalue weighted by molar-refractivity contribution is 6.18. The predicted octanol–water partition coefficient (Wildman–Crippen LogP) is 0.351. The Kier molecular flexibility index (Phi) is 4.36. The molecule has 3 rings (SSSR count). The first-order valence-corrected chi connectivity index (χ1v) is 7.58. The summed E-state index contributed by atoms with van der Waals surface area (Å²) in [6, 6.07) is 9.17. The fraction of sp³-hybridized carbons (Fsp3) is 0.333. The van der Waals surface area contributed by atoms with Crippen molar-refractivity contribution in [2.24, 2.45) is 0 Å². The van der Waals surface area contributed by atoms with Crippen LogP contribution in [0.4, 0.5) is 5.82 Å². The van der Waals surface area contributed by atoms with Gasteiger partial charge in [-0.05, 0) is 5.56 Å². The highest BCUT2D eigenvalue weighted by Gasteiger charge is 2.43. The van der Waals surface area contributed by atoms with Crippen LogP contribution in [0.3, 0.4) is 0 Å². The zero-order chi connectivity index (χ0) is 16.6. The van der Waals surface area contributed by atoms with E-state index < -0.39 is 30.2 Å². The molecule has 122 valence electrons. The van der Waals surface area contributed by atoms with Gasteiger partial charge in [-0.2, -0.15) is 4.98 Å². The van der Waals surface area contributed by atoms with Crippen LogP contribution < -0.4 is 11.4 Å². The molecule has 1 aromatic carbocycles. The molecule has 1 fully saturated rings. The molecule has 1 aliphatic rings. The summed E-state index contributed by atoms with van der Waals surface area (Å²) < 4.78 is 6.61. The standard InChI is InChI=1S/C15H16ClN3O4/c16-6-10-11(20)12(21)14(23-10)19-7-9(13(17)18-15(19)22)8-4-2-1-3-5-8/h1-5,7,10-12,14,20-21H,6H2,(H2,17,18,22)/t10-,11-,12+,14-/m1/s1. The molecule has 0 saturated carbocycles. The second-order valence-electron chi connectivity index (χ2n) is 5.30. The molecule has 1 saturated heterocycles. The molecule has 8 heteroatoms. The third-order valence-corrected chi connectivity index (χ3v) is 4.13. The maximum absolute atomic E-state index is 12.1. The molecule has 2 heterocycles. The van der Waals surface area contributed by atoms with E-state index in [0.717, 1.165) is 10.1 Å². The minimum absolute atomic E-state index is 0.00256. The number of hydrogen-bond acceptors (Lipinski definition) is 6. The van der Waals surface area contributed by atoms with Gasteiger partial charge in [0.1, 0.15) is 24.1 Å². The number of aliphatic hydroxyl groups is 2. The normalized spacial score (nSPS) is 27.3. The van der Waals surface area contributed by atoms with Gasteiger partial charge in [-0.1, -0.05) is 30.3 Å². The fourth-order valence-corrected chi connectivity index (χ4v) is 2.85. The summed E-state index contributed by atoms with van der Waals surface area (Å²) in [5.74, 6) is 0.0802. The van der Waals surface area contributed by atoms with Gasteiger partial charge < -0.3 is 20.7 Å². The number of halogens is 1.